The molecule has 0 heterocycles. The van der Waals surface area contributed by atoms with Crippen LogP contribution in [0.1, 0.15) is 15.9 Å². The Morgan fingerprint density at radius 1 is 0.441 bits per heavy atom. The molecule has 0 unspecified atom stereocenters. The maximum Gasteiger partial charge on any atom is 0.193 e. The molecule has 0 aliphatic heterocycles. The van der Waals surface area contributed by atoms with Crippen LogP contribution in [0.5, 0.6) is 0 Å². The first-order valence-corrected chi connectivity index (χ1v) is 13.3. The van der Waals surface area contributed by atoms with Crippen LogP contribution in [0.2, 0.25) is 0 Å². The highest BCUT2D eigenvalue weighted by Gasteiger charge is 2.13. The Morgan fingerprint density at radius 2 is 0.824 bits per heavy atom. The van der Waals surface area contributed by atoms with E-state index < -0.39 is 10.9 Å². The molecule has 1 nitrogen and oxygen atoms in total. The third kappa shape index (κ3) is 5.17. The van der Waals surface area contributed by atoms with Crippen molar-refractivity contribution in [3.8, 4) is 0 Å². The lowest BCUT2D eigenvalue weighted by Crippen LogP contribution is -2.00. The summed E-state index contributed by atoms with van der Waals surface area (Å²) >= 11 is 1.71. The van der Waals surface area contributed by atoms with Gasteiger partial charge in [0.05, 0.1) is 0 Å². The van der Waals surface area contributed by atoms with Crippen LogP contribution in [0, 0.1) is 0 Å². The summed E-state index contributed by atoms with van der Waals surface area (Å²) < 4.78 is 0. The molecule has 0 bridgehead atoms. The third-order valence-electron chi connectivity index (χ3n) is 5.51. The first-order valence-electron chi connectivity index (χ1n) is 11.2. The van der Waals surface area contributed by atoms with Gasteiger partial charge < -0.3 is 0 Å². The fraction of sp³-hybridized carbons (Fsp3) is 0. The monoisotopic (exact) mass is 476 g/mol. The minimum Gasteiger partial charge on any atom is -0.289 e. The van der Waals surface area contributed by atoms with Gasteiger partial charge in [0, 0.05) is 20.9 Å². The molecule has 0 saturated heterocycles. The summed E-state index contributed by atoms with van der Waals surface area (Å²) in [7, 11) is -0.598. The zero-order chi connectivity index (χ0) is 23.2. The first-order chi connectivity index (χ1) is 16.8. The van der Waals surface area contributed by atoms with E-state index in [1.165, 1.54) is 19.6 Å². The van der Waals surface area contributed by atoms with E-state index in [-0.39, 0.29) is 5.78 Å². The third-order valence-corrected chi connectivity index (χ3v) is 8.97. The molecule has 34 heavy (non-hydrogen) atoms. The van der Waals surface area contributed by atoms with Crippen LogP contribution in [0.4, 0.5) is 0 Å². The van der Waals surface area contributed by atoms with Gasteiger partial charge in [-0.15, -0.1) is 0 Å². The lowest BCUT2D eigenvalue weighted by atomic mass is 10.0. The number of ketones is 1. The molecule has 5 aromatic rings. The van der Waals surface area contributed by atoms with Gasteiger partial charge in [0.1, 0.15) is 0 Å². The molecule has 0 fully saturated rings. The number of hydrogen-bond donors (Lipinski definition) is 1. The van der Waals surface area contributed by atoms with Crippen molar-refractivity contribution < 1.29 is 4.79 Å². The van der Waals surface area contributed by atoms with Gasteiger partial charge in [-0.1, -0.05) is 78.5 Å². The molecule has 0 saturated carbocycles. The van der Waals surface area contributed by atoms with Gasteiger partial charge in [0.15, 0.2) is 5.78 Å². The topological polar surface area (TPSA) is 17.1 Å². The summed E-state index contributed by atoms with van der Waals surface area (Å²) in [5.41, 5.74) is 1.43. The summed E-state index contributed by atoms with van der Waals surface area (Å²) in [6, 6.07) is 47.7. The van der Waals surface area contributed by atoms with E-state index in [2.05, 4.69) is 84.9 Å². The summed E-state index contributed by atoms with van der Waals surface area (Å²) in [6.45, 7) is 0. The molecule has 0 radical (unpaired) electrons. The van der Waals surface area contributed by atoms with E-state index in [0.717, 1.165) is 4.90 Å². The molecule has 5 aromatic carbocycles. The van der Waals surface area contributed by atoms with Crippen LogP contribution >= 0.6 is 22.7 Å². The molecule has 3 heteroatoms. The number of hydrogen-bond acceptors (Lipinski definition) is 2. The normalized spacial score (nSPS) is 11.1. The largest absolute Gasteiger partial charge is 0.289 e. The highest BCUT2D eigenvalue weighted by molar-refractivity contribution is 8.17. The number of rotatable bonds is 7. The zero-order valence-electron chi connectivity index (χ0n) is 18.5. The molecule has 166 valence electrons. The SMILES string of the molecule is O=C(c1ccccc1)c1ccc(Sc2ccc([SH](c3ccccc3)c3ccccc3)cc2)cc1. The van der Waals surface area contributed by atoms with Crippen LogP contribution in [-0.4, -0.2) is 5.78 Å². The van der Waals surface area contributed by atoms with E-state index in [1.807, 2.05) is 54.6 Å². The van der Waals surface area contributed by atoms with Crippen molar-refractivity contribution in [3.63, 3.8) is 0 Å². The van der Waals surface area contributed by atoms with Crippen molar-refractivity contribution in [1.29, 1.82) is 0 Å². The van der Waals surface area contributed by atoms with E-state index >= 15 is 0 Å². The molecule has 0 aliphatic carbocycles. The predicted octanol–water partition coefficient (Wildman–Crippen LogP) is 8.55. The lowest BCUT2D eigenvalue weighted by molar-refractivity contribution is 0.103. The highest BCUT2D eigenvalue weighted by atomic mass is 32.2. The summed E-state index contributed by atoms with van der Waals surface area (Å²) in [5.74, 6) is 0.0525. The van der Waals surface area contributed by atoms with E-state index in [9.17, 15) is 4.79 Å². The van der Waals surface area contributed by atoms with Crippen molar-refractivity contribution in [2.24, 2.45) is 0 Å². The Morgan fingerprint density at radius 3 is 1.32 bits per heavy atom. The Labute approximate surface area is 207 Å². The summed E-state index contributed by atoms with van der Waals surface area (Å²) in [5, 5.41) is 0. The Balaban J connectivity index is 1.34. The number of carbonyl (C=O) groups excluding carboxylic acids is 1. The van der Waals surface area contributed by atoms with Crippen molar-refractivity contribution in [1.82, 2.24) is 0 Å². The van der Waals surface area contributed by atoms with Gasteiger partial charge in [-0.05, 0) is 87.5 Å². The van der Waals surface area contributed by atoms with Crippen molar-refractivity contribution in [3.05, 3.63) is 151 Å². The highest BCUT2D eigenvalue weighted by Crippen LogP contribution is 2.51. The first kappa shape index (κ1) is 22.3. The predicted molar refractivity (Wildman–Crippen MR) is 144 cm³/mol. The Kier molecular flexibility index (Phi) is 6.94. The van der Waals surface area contributed by atoms with E-state index in [1.54, 1.807) is 11.8 Å². The zero-order valence-corrected chi connectivity index (χ0v) is 20.3. The maximum atomic E-state index is 12.6. The molecule has 0 atom stereocenters. The van der Waals surface area contributed by atoms with Crippen molar-refractivity contribution in [2.75, 3.05) is 0 Å². The van der Waals surface area contributed by atoms with Gasteiger partial charge in [0.25, 0.3) is 0 Å². The Hall–Kier alpha value is -3.53. The standard InChI is InChI=1S/C31H24OS2/c32-31(24-10-4-1-5-11-24)25-16-18-26(19-17-25)33-27-20-22-30(23-21-27)34(28-12-6-2-7-13-28)29-14-8-3-9-15-29/h1-23,34H. The second kappa shape index (κ2) is 10.6. The number of carbonyl (C=O) groups is 1. The van der Waals surface area contributed by atoms with Crippen molar-refractivity contribution >= 4 is 28.4 Å². The average molecular weight is 477 g/mol. The fourth-order valence-corrected chi connectivity index (χ4v) is 6.93. The van der Waals surface area contributed by atoms with Crippen LogP contribution in [0.3, 0.4) is 0 Å². The number of benzene rings is 5. The second-order valence-electron chi connectivity index (χ2n) is 7.82. The molecule has 5 rings (SSSR count). The smallest absolute Gasteiger partial charge is 0.193 e. The van der Waals surface area contributed by atoms with Gasteiger partial charge in [-0.25, -0.2) is 0 Å². The van der Waals surface area contributed by atoms with Crippen LogP contribution in [0.15, 0.2) is 164 Å². The van der Waals surface area contributed by atoms with Gasteiger partial charge in [0.2, 0.25) is 0 Å². The van der Waals surface area contributed by atoms with Crippen LogP contribution in [0.25, 0.3) is 0 Å². The quantitative estimate of drug-likeness (QED) is 0.187. The maximum absolute atomic E-state index is 12.6. The molecule has 0 aliphatic rings. The summed E-state index contributed by atoms with van der Waals surface area (Å²) in [6.07, 6.45) is 0. The fourth-order valence-electron chi connectivity index (χ4n) is 3.83. The molecular formula is C31H24OS2. The summed E-state index contributed by atoms with van der Waals surface area (Å²) in [4.78, 5) is 19.0. The van der Waals surface area contributed by atoms with Crippen molar-refractivity contribution in [2.45, 2.75) is 24.5 Å². The van der Waals surface area contributed by atoms with E-state index in [4.69, 9.17) is 0 Å². The average Bonchev–Trinajstić information content (AvgIpc) is 2.92. The van der Waals surface area contributed by atoms with Crippen LogP contribution < -0.4 is 0 Å². The molecule has 0 N–H and O–H groups in total. The molecule has 0 aromatic heterocycles. The Bertz CT molecular complexity index is 1310. The number of thiol groups is 1. The second-order valence-corrected chi connectivity index (χ2v) is 11.2. The van der Waals surface area contributed by atoms with Gasteiger partial charge >= 0.3 is 0 Å². The molecule has 0 amide bonds. The van der Waals surface area contributed by atoms with Gasteiger partial charge in [-0.3, -0.25) is 4.79 Å². The van der Waals surface area contributed by atoms with E-state index in [0.29, 0.717) is 11.1 Å². The minimum atomic E-state index is -0.598. The molecule has 0 spiro atoms. The molecular weight excluding hydrogens is 452 g/mol. The lowest BCUT2D eigenvalue weighted by Gasteiger charge is -2.23. The van der Waals surface area contributed by atoms with Crippen LogP contribution in [-0.2, 0) is 0 Å². The minimum absolute atomic E-state index is 0.0525. The van der Waals surface area contributed by atoms with Gasteiger partial charge in [-0.2, -0.15) is 10.9 Å².